The maximum atomic E-state index is 9.10. The topological polar surface area (TPSA) is 74.6 Å². The Morgan fingerprint density at radius 3 is 1.14 bits per heavy atom. The molecule has 0 heterocycles. The van der Waals surface area contributed by atoms with Gasteiger partial charge in [-0.25, -0.2) is 9.59 Å². The van der Waals surface area contributed by atoms with Crippen LogP contribution in [0.25, 0.3) is 0 Å². The molecule has 0 rings (SSSR count). The molecule has 0 bridgehead atoms. The van der Waals surface area contributed by atoms with Gasteiger partial charge in [0.25, 0.3) is 0 Å². The molecule has 0 fully saturated rings. The number of hydrogen-bond acceptors (Lipinski definition) is 2. The SMILES string of the molecule is O=C(O)C(=O)O.[Sb]. The Balaban J connectivity index is 0. The van der Waals surface area contributed by atoms with Crippen LogP contribution in [0.3, 0.4) is 0 Å². The van der Waals surface area contributed by atoms with E-state index in [0.29, 0.717) is 0 Å². The molecule has 0 aliphatic carbocycles. The van der Waals surface area contributed by atoms with Crippen LogP contribution in [-0.2, 0) is 9.59 Å². The zero-order valence-electron chi connectivity index (χ0n) is 3.16. The molecular weight excluding hydrogens is 210 g/mol. The molecule has 0 amide bonds. The van der Waals surface area contributed by atoms with Crippen molar-refractivity contribution in [2.45, 2.75) is 0 Å². The summed E-state index contributed by atoms with van der Waals surface area (Å²) >= 11 is 0. The Morgan fingerprint density at radius 2 is 1.14 bits per heavy atom. The Hall–Kier alpha value is -0.242. The van der Waals surface area contributed by atoms with E-state index in [1.165, 1.54) is 0 Å². The van der Waals surface area contributed by atoms with Crippen LogP contribution < -0.4 is 0 Å². The van der Waals surface area contributed by atoms with E-state index in [2.05, 4.69) is 0 Å². The van der Waals surface area contributed by atoms with E-state index in [0.717, 1.165) is 0 Å². The molecule has 0 saturated heterocycles. The van der Waals surface area contributed by atoms with Gasteiger partial charge in [-0.05, 0) is 0 Å². The van der Waals surface area contributed by atoms with Gasteiger partial charge >= 0.3 is 11.9 Å². The first kappa shape index (κ1) is 9.90. The van der Waals surface area contributed by atoms with Crippen LogP contribution >= 0.6 is 0 Å². The molecule has 0 aromatic carbocycles. The first-order chi connectivity index (χ1) is 2.64. The van der Waals surface area contributed by atoms with Crippen molar-refractivity contribution in [3.63, 3.8) is 0 Å². The summed E-state index contributed by atoms with van der Waals surface area (Å²) in [6, 6.07) is 0. The van der Waals surface area contributed by atoms with Crippen molar-refractivity contribution < 1.29 is 19.8 Å². The number of carboxylic acid groups (broad SMARTS) is 2. The van der Waals surface area contributed by atoms with Gasteiger partial charge < -0.3 is 10.2 Å². The normalized spacial score (nSPS) is 6.29. The number of hydrogen-bond donors (Lipinski definition) is 2. The number of aliphatic carboxylic acids is 2. The molecule has 0 aromatic heterocycles. The smallest absolute Gasteiger partial charge is 0.414 e. The Labute approximate surface area is 56.6 Å². The van der Waals surface area contributed by atoms with E-state index in [4.69, 9.17) is 19.8 Å². The summed E-state index contributed by atoms with van der Waals surface area (Å²) in [4.78, 5) is 18.2. The van der Waals surface area contributed by atoms with E-state index < -0.39 is 11.9 Å². The third kappa shape index (κ3) is 5.76. The fourth-order valence-corrected chi connectivity index (χ4v) is 0. The second-order valence-corrected chi connectivity index (χ2v) is 0.610. The number of rotatable bonds is 0. The number of carbonyl (C=O) groups is 2. The molecule has 7 heavy (non-hydrogen) atoms. The summed E-state index contributed by atoms with van der Waals surface area (Å²) in [5.74, 6) is -3.65. The predicted molar refractivity (Wildman–Crippen MR) is 21.0 cm³/mol. The maximum absolute atomic E-state index is 9.10. The molecule has 4 nitrogen and oxygen atoms in total. The molecule has 0 spiro atoms. The Kier molecular flexibility index (Phi) is 5.56. The van der Waals surface area contributed by atoms with Gasteiger partial charge in [-0.2, -0.15) is 0 Å². The van der Waals surface area contributed by atoms with Crippen LogP contribution in [0.15, 0.2) is 0 Å². The molecular formula is C2H2O4Sb. The molecule has 3 radical (unpaired) electrons. The second-order valence-electron chi connectivity index (χ2n) is 0.610. The minimum atomic E-state index is -1.82. The molecule has 5 heteroatoms. The van der Waals surface area contributed by atoms with Gasteiger partial charge in [-0.1, -0.05) is 0 Å². The van der Waals surface area contributed by atoms with Crippen LogP contribution in [0.4, 0.5) is 0 Å². The number of carboxylic acids is 2. The molecule has 0 unspecified atom stereocenters. The van der Waals surface area contributed by atoms with Crippen molar-refractivity contribution >= 4 is 36.4 Å². The fraction of sp³-hybridized carbons (Fsp3) is 0. The third-order valence-electron chi connectivity index (χ3n) is 0.183. The molecule has 0 aromatic rings. The van der Waals surface area contributed by atoms with Gasteiger partial charge in [0, 0.05) is 24.4 Å². The monoisotopic (exact) mass is 211 g/mol. The third-order valence-corrected chi connectivity index (χ3v) is 0.183. The van der Waals surface area contributed by atoms with Crippen LogP contribution in [0.1, 0.15) is 0 Å². The maximum Gasteiger partial charge on any atom is 0.414 e. The van der Waals surface area contributed by atoms with Crippen molar-refractivity contribution in [2.75, 3.05) is 0 Å². The summed E-state index contributed by atoms with van der Waals surface area (Å²) in [7, 11) is 0. The van der Waals surface area contributed by atoms with Crippen molar-refractivity contribution in [3.05, 3.63) is 0 Å². The van der Waals surface area contributed by atoms with Crippen LogP contribution in [0.2, 0.25) is 0 Å². The average molecular weight is 212 g/mol. The fourth-order valence-electron chi connectivity index (χ4n) is 0. The van der Waals surface area contributed by atoms with Crippen LogP contribution in [-0.4, -0.2) is 46.6 Å². The van der Waals surface area contributed by atoms with Crippen molar-refractivity contribution in [1.82, 2.24) is 0 Å². The van der Waals surface area contributed by atoms with E-state index in [9.17, 15) is 0 Å². The Morgan fingerprint density at radius 1 is 1.00 bits per heavy atom. The van der Waals surface area contributed by atoms with Crippen LogP contribution in [0.5, 0.6) is 0 Å². The van der Waals surface area contributed by atoms with E-state index in [1.54, 1.807) is 0 Å². The summed E-state index contributed by atoms with van der Waals surface area (Å²) < 4.78 is 0. The average Bonchev–Trinajstić information content (AvgIpc) is 1.36. The molecule has 0 aliphatic heterocycles. The van der Waals surface area contributed by atoms with Crippen LogP contribution in [0, 0.1) is 0 Å². The zero-order chi connectivity index (χ0) is 5.15. The van der Waals surface area contributed by atoms with Gasteiger partial charge in [-0.15, -0.1) is 0 Å². The molecule has 0 saturated carbocycles. The molecule has 39 valence electrons. The largest absolute Gasteiger partial charge is 0.473 e. The second kappa shape index (κ2) is 3.93. The van der Waals surface area contributed by atoms with E-state index in [-0.39, 0.29) is 24.4 Å². The van der Waals surface area contributed by atoms with Crippen molar-refractivity contribution in [2.24, 2.45) is 0 Å². The first-order valence-electron chi connectivity index (χ1n) is 1.11. The Bertz CT molecular complexity index is 75.7. The van der Waals surface area contributed by atoms with Crippen molar-refractivity contribution in [1.29, 1.82) is 0 Å². The predicted octanol–water partition coefficient (Wildman–Crippen LogP) is -1.23. The van der Waals surface area contributed by atoms with Gasteiger partial charge in [0.15, 0.2) is 0 Å². The first-order valence-corrected chi connectivity index (χ1v) is 1.11. The van der Waals surface area contributed by atoms with E-state index in [1.807, 2.05) is 0 Å². The summed E-state index contributed by atoms with van der Waals surface area (Å²) in [5, 5.41) is 14.8. The summed E-state index contributed by atoms with van der Waals surface area (Å²) in [6.45, 7) is 0. The zero-order valence-corrected chi connectivity index (χ0v) is 5.71. The standard InChI is InChI=1S/C2H2O4.Sb/c3-1(4)2(5)6;/h(H,3,4)(H,5,6);. The summed E-state index contributed by atoms with van der Waals surface area (Å²) in [6.07, 6.45) is 0. The quantitative estimate of drug-likeness (QED) is 0.389. The molecule has 0 aliphatic rings. The molecule has 2 N–H and O–H groups in total. The van der Waals surface area contributed by atoms with Gasteiger partial charge in [-0.3, -0.25) is 0 Å². The summed E-state index contributed by atoms with van der Waals surface area (Å²) in [5.41, 5.74) is 0. The van der Waals surface area contributed by atoms with Crippen molar-refractivity contribution in [3.8, 4) is 0 Å². The minimum absolute atomic E-state index is 0. The van der Waals surface area contributed by atoms with Gasteiger partial charge in [0.1, 0.15) is 0 Å². The minimum Gasteiger partial charge on any atom is -0.473 e. The van der Waals surface area contributed by atoms with Gasteiger partial charge in [0.2, 0.25) is 0 Å². The van der Waals surface area contributed by atoms with Gasteiger partial charge in [0.05, 0.1) is 0 Å². The molecule has 0 atom stereocenters. The van der Waals surface area contributed by atoms with E-state index >= 15 is 0 Å².